The molecule has 0 unspecified atom stereocenters. The van der Waals surface area contributed by atoms with Gasteiger partial charge in [-0.25, -0.2) is 9.97 Å². The van der Waals surface area contributed by atoms with E-state index in [1.807, 2.05) is 43.6 Å². The van der Waals surface area contributed by atoms with E-state index >= 15 is 0 Å². The molecule has 28 heavy (non-hydrogen) atoms. The number of aromatic amines is 1. The van der Waals surface area contributed by atoms with Crippen LogP contribution < -0.4 is 4.90 Å². The Morgan fingerprint density at radius 2 is 1.93 bits per heavy atom. The van der Waals surface area contributed by atoms with Crippen LogP contribution >= 0.6 is 0 Å². The quantitative estimate of drug-likeness (QED) is 0.741. The average Bonchev–Trinajstić information content (AvgIpc) is 3.23. The molecule has 1 amide bonds. The zero-order chi connectivity index (χ0) is 19.3. The molecule has 4 rings (SSSR count). The largest absolute Gasteiger partial charge is 0.355 e. The maximum atomic E-state index is 12.9. The maximum absolute atomic E-state index is 12.9. The Hall–Kier alpha value is -3.22. The van der Waals surface area contributed by atoms with E-state index in [0.29, 0.717) is 6.54 Å². The van der Waals surface area contributed by atoms with Gasteiger partial charge in [-0.2, -0.15) is 0 Å². The summed E-state index contributed by atoms with van der Waals surface area (Å²) >= 11 is 0. The first-order chi connectivity index (χ1) is 13.7. The average molecular weight is 376 g/mol. The fourth-order valence-electron chi connectivity index (χ4n) is 3.63. The lowest BCUT2D eigenvalue weighted by Crippen LogP contribution is -2.41. The van der Waals surface area contributed by atoms with E-state index in [4.69, 9.17) is 0 Å². The van der Waals surface area contributed by atoms with E-state index in [-0.39, 0.29) is 11.8 Å². The molecule has 1 aromatic carbocycles. The molecule has 3 aromatic rings. The van der Waals surface area contributed by atoms with Gasteiger partial charge in [-0.15, -0.1) is 0 Å². The predicted molar refractivity (Wildman–Crippen MR) is 107 cm³/mol. The fourth-order valence-corrected chi connectivity index (χ4v) is 3.63. The molecule has 7 heteroatoms. The van der Waals surface area contributed by atoms with E-state index in [9.17, 15) is 4.79 Å². The van der Waals surface area contributed by atoms with Gasteiger partial charge in [0.15, 0.2) is 0 Å². The topological polar surface area (TPSA) is 78.0 Å². The van der Waals surface area contributed by atoms with Crippen LogP contribution in [-0.4, -0.2) is 50.9 Å². The highest BCUT2D eigenvalue weighted by molar-refractivity contribution is 5.78. The summed E-state index contributed by atoms with van der Waals surface area (Å²) in [5.74, 6) is 1.90. The molecule has 0 spiro atoms. The van der Waals surface area contributed by atoms with Crippen molar-refractivity contribution in [1.29, 1.82) is 0 Å². The molecule has 7 nitrogen and oxygen atoms in total. The number of rotatable bonds is 5. The number of hydrogen-bond acceptors (Lipinski definition) is 5. The van der Waals surface area contributed by atoms with Crippen molar-refractivity contribution in [1.82, 2.24) is 24.8 Å². The van der Waals surface area contributed by atoms with Gasteiger partial charge in [0, 0.05) is 38.4 Å². The van der Waals surface area contributed by atoms with E-state index in [1.165, 1.54) is 0 Å². The summed E-state index contributed by atoms with van der Waals surface area (Å²) in [5.41, 5.74) is 2.06. The van der Waals surface area contributed by atoms with Gasteiger partial charge < -0.3 is 14.8 Å². The lowest BCUT2D eigenvalue weighted by atomic mass is 9.95. The van der Waals surface area contributed by atoms with Crippen LogP contribution in [0.5, 0.6) is 0 Å². The fraction of sp³-hybridized carbons (Fsp3) is 0.333. The number of nitrogens with one attached hydrogen (secondary N) is 1. The molecule has 3 heterocycles. The Kier molecular flexibility index (Phi) is 5.32. The summed E-state index contributed by atoms with van der Waals surface area (Å²) in [6, 6.07) is 10.1. The third kappa shape index (κ3) is 4.03. The number of amides is 1. The second-order valence-electron chi connectivity index (χ2n) is 7.13. The smallest absolute Gasteiger partial charge is 0.225 e. The van der Waals surface area contributed by atoms with Crippen molar-refractivity contribution in [3.8, 4) is 11.3 Å². The lowest BCUT2D eigenvalue weighted by Gasteiger charge is -2.33. The summed E-state index contributed by atoms with van der Waals surface area (Å²) < 4.78 is 0. The summed E-state index contributed by atoms with van der Waals surface area (Å²) in [6.45, 7) is 2.12. The minimum absolute atomic E-state index is 0.0430. The van der Waals surface area contributed by atoms with Crippen LogP contribution in [0.2, 0.25) is 0 Å². The Balaban J connectivity index is 1.32. The molecule has 1 aliphatic heterocycles. The number of anilines is 1. The van der Waals surface area contributed by atoms with Crippen LogP contribution in [0.15, 0.2) is 55.1 Å². The molecule has 1 N–H and O–H groups in total. The molecule has 0 bridgehead atoms. The van der Waals surface area contributed by atoms with Gasteiger partial charge >= 0.3 is 0 Å². The number of hydrogen-bond donors (Lipinski definition) is 1. The van der Waals surface area contributed by atoms with Gasteiger partial charge in [0.25, 0.3) is 0 Å². The molecule has 0 aliphatic carbocycles. The highest BCUT2D eigenvalue weighted by atomic mass is 16.2. The summed E-state index contributed by atoms with van der Waals surface area (Å²) in [4.78, 5) is 33.1. The van der Waals surface area contributed by atoms with Crippen molar-refractivity contribution < 1.29 is 4.79 Å². The third-order valence-electron chi connectivity index (χ3n) is 5.19. The summed E-state index contributed by atoms with van der Waals surface area (Å²) in [6.07, 6.45) is 8.62. The highest BCUT2D eigenvalue weighted by Crippen LogP contribution is 2.23. The minimum atomic E-state index is 0.0430. The Morgan fingerprint density at radius 1 is 1.14 bits per heavy atom. The molecule has 1 fully saturated rings. The van der Waals surface area contributed by atoms with Gasteiger partial charge in [-0.3, -0.25) is 9.78 Å². The van der Waals surface area contributed by atoms with Crippen molar-refractivity contribution in [2.24, 2.45) is 5.92 Å². The van der Waals surface area contributed by atoms with E-state index in [1.54, 1.807) is 23.5 Å². The van der Waals surface area contributed by atoms with Crippen LogP contribution in [0.25, 0.3) is 11.3 Å². The molecular weight excluding hydrogens is 352 g/mol. The van der Waals surface area contributed by atoms with Gasteiger partial charge in [0.1, 0.15) is 11.6 Å². The first kappa shape index (κ1) is 18.2. The van der Waals surface area contributed by atoms with E-state index < -0.39 is 0 Å². The number of nitrogens with zero attached hydrogens (tertiary/aromatic N) is 5. The van der Waals surface area contributed by atoms with Gasteiger partial charge in [0.05, 0.1) is 24.6 Å². The SMILES string of the molecule is CN(Cc1ncc(-c2ccccc2)[nH]1)C(=O)C1CCN(c2cnccn2)CC1. The first-order valence-electron chi connectivity index (χ1n) is 9.56. The Labute approximate surface area is 164 Å². The second-order valence-corrected chi connectivity index (χ2v) is 7.13. The van der Waals surface area contributed by atoms with Gasteiger partial charge in [0.2, 0.25) is 5.91 Å². The maximum Gasteiger partial charge on any atom is 0.225 e. The molecular formula is C21H24N6O. The van der Waals surface area contributed by atoms with Gasteiger partial charge in [-0.1, -0.05) is 30.3 Å². The lowest BCUT2D eigenvalue weighted by molar-refractivity contribution is -0.135. The monoisotopic (exact) mass is 376 g/mol. The van der Waals surface area contributed by atoms with Crippen molar-refractivity contribution >= 4 is 11.7 Å². The van der Waals surface area contributed by atoms with Crippen molar-refractivity contribution in [2.75, 3.05) is 25.0 Å². The van der Waals surface area contributed by atoms with Crippen LogP contribution in [0.4, 0.5) is 5.82 Å². The first-order valence-corrected chi connectivity index (χ1v) is 9.56. The molecule has 2 aromatic heterocycles. The predicted octanol–water partition coefficient (Wildman–Crippen LogP) is 2.74. The third-order valence-corrected chi connectivity index (χ3v) is 5.19. The van der Waals surface area contributed by atoms with Crippen LogP contribution in [0.1, 0.15) is 18.7 Å². The molecule has 0 atom stereocenters. The number of piperidine rings is 1. The van der Waals surface area contributed by atoms with Crippen molar-refractivity contribution in [3.63, 3.8) is 0 Å². The molecule has 0 saturated carbocycles. The van der Waals surface area contributed by atoms with E-state index in [2.05, 4.69) is 24.8 Å². The standard InChI is InChI=1S/C21H24N6O/c1-26(15-19-24-13-18(25-19)16-5-3-2-4-6-16)21(28)17-7-11-27(12-8-17)20-14-22-9-10-23-20/h2-6,9-10,13-14,17H,7-8,11-12,15H2,1H3,(H,24,25). The van der Waals surface area contributed by atoms with E-state index in [0.717, 1.165) is 48.8 Å². The molecule has 0 radical (unpaired) electrons. The number of imidazole rings is 1. The number of benzene rings is 1. The van der Waals surface area contributed by atoms with Gasteiger partial charge in [-0.05, 0) is 18.4 Å². The Bertz CT molecular complexity index is 903. The molecule has 144 valence electrons. The van der Waals surface area contributed by atoms with Crippen LogP contribution in [0, 0.1) is 5.92 Å². The minimum Gasteiger partial charge on any atom is -0.355 e. The number of H-pyrrole nitrogens is 1. The highest BCUT2D eigenvalue weighted by Gasteiger charge is 2.28. The number of carbonyl (C=O) groups excluding carboxylic acids is 1. The van der Waals surface area contributed by atoms with Crippen LogP contribution in [-0.2, 0) is 11.3 Å². The second kappa shape index (κ2) is 8.21. The number of carbonyl (C=O) groups is 1. The molecule has 1 saturated heterocycles. The molecule has 1 aliphatic rings. The normalized spacial score (nSPS) is 14.8. The summed E-state index contributed by atoms with van der Waals surface area (Å²) in [5, 5.41) is 0. The Morgan fingerprint density at radius 3 is 2.64 bits per heavy atom. The zero-order valence-electron chi connectivity index (χ0n) is 16.0. The van der Waals surface area contributed by atoms with Crippen molar-refractivity contribution in [3.05, 3.63) is 60.9 Å². The zero-order valence-corrected chi connectivity index (χ0v) is 16.0. The van der Waals surface area contributed by atoms with Crippen molar-refractivity contribution in [2.45, 2.75) is 19.4 Å². The summed E-state index contributed by atoms with van der Waals surface area (Å²) in [7, 11) is 1.85. The number of aromatic nitrogens is 4. The van der Waals surface area contributed by atoms with Crippen LogP contribution in [0.3, 0.4) is 0 Å².